The molecule has 0 atom stereocenters. The predicted octanol–water partition coefficient (Wildman–Crippen LogP) is 3.84. The molecule has 1 aromatic heterocycles. The van der Waals surface area contributed by atoms with E-state index in [0.717, 1.165) is 6.42 Å². The molecule has 0 fully saturated rings. The monoisotopic (exact) mass is 184 g/mol. The van der Waals surface area contributed by atoms with Crippen molar-refractivity contribution in [3.05, 3.63) is 53.1 Å². The molecule has 0 saturated carbocycles. The highest BCUT2D eigenvalue weighted by atomic mass is 31.0. The summed E-state index contributed by atoms with van der Waals surface area (Å²) in [5.41, 5.74) is 5.86. The van der Waals surface area contributed by atoms with Gasteiger partial charge in [-0.2, -0.15) is 0 Å². The molecule has 13 heavy (non-hydrogen) atoms. The topological polar surface area (TPSA) is 0 Å². The van der Waals surface area contributed by atoms with E-state index < -0.39 is 0 Å². The zero-order valence-electron chi connectivity index (χ0n) is 7.20. The minimum atomic E-state index is 1.12. The molecule has 0 aliphatic heterocycles. The Hall–Kier alpha value is -1.13. The van der Waals surface area contributed by atoms with Crippen LogP contribution < -0.4 is 0 Å². The molecule has 1 heterocycles. The molecule has 1 heteroatoms. The third kappa shape index (κ3) is 1.03. The lowest BCUT2D eigenvalue weighted by molar-refractivity contribution is 1.27. The molecule has 1 aliphatic rings. The van der Waals surface area contributed by atoms with Gasteiger partial charge in [-0.1, -0.05) is 38.5 Å². The second-order valence-corrected chi connectivity index (χ2v) is 4.22. The Bertz CT molecular complexity index is 417. The molecular weight excluding hydrogens is 175 g/mol. The van der Waals surface area contributed by atoms with Crippen LogP contribution in [0.3, 0.4) is 0 Å². The van der Waals surface area contributed by atoms with Crippen molar-refractivity contribution >= 4 is 8.19 Å². The van der Waals surface area contributed by atoms with Crippen LogP contribution in [0.1, 0.15) is 11.1 Å². The number of benzene rings is 1. The smallest absolute Gasteiger partial charge is 0.00132 e. The van der Waals surface area contributed by atoms with Crippen LogP contribution in [0, 0.1) is 0 Å². The highest BCUT2D eigenvalue weighted by molar-refractivity contribution is 7.28. The van der Waals surface area contributed by atoms with E-state index in [0.29, 0.717) is 0 Å². The number of fused-ring (bicyclic) bond motifs is 3. The quantitative estimate of drug-likeness (QED) is 0.498. The Morgan fingerprint density at radius 3 is 2.77 bits per heavy atom. The van der Waals surface area contributed by atoms with Crippen LogP contribution in [-0.4, -0.2) is 0 Å². The summed E-state index contributed by atoms with van der Waals surface area (Å²) in [5.74, 6) is 4.52. The predicted molar refractivity (Wildman–Crippen MR) is 57.2 cm³/mol. The second kappa shape index (κ2) is 2.68. The van der Waals surface area contributed by atoms with Crippen LogP contribution in [0.5, 0.6) is 0 Å². The first kappa shape index (κ1) is 7.29. The Labute approximate surface area is 79.3 Å². The van der Waals surface area contributed by atoms with E-state index in [1.54, 1.807) is 0 Å². The fraction of sp³-hybridized carbons (Fsp3) is 0.0833. The van der Waals surface area contributed by atoms with E-state index in [-0.39, 0.29) is 0 Å². The average Bonchev–Trinajstić information content (AvgIpc) is 2.56. The summed E-state index contributed by atoms with van der Waals surface area (Å²) in [4.78, 5) is 0. The van der Waals surface area contributed by atoms with Crippen LogP contribution >= 0.6 is 8.19 Å². The second-order valence-electron chi connectivity index (χ2n) is 3.37. The van der Waals surface area contributed by atoms with Gasteiger partial charge in [0, 0.05) is 0 Å². The molecular formula is C12H9P. The van der Waals surface area contributed by atoms with Crippen LogP contribution in [0.15, 0.2) is 41.9 Å². The van der Waals surface area contributed by atoms with Crippen molar-refractivity contribution in [1.82, 2.24) is 0 Å². The lowest BCUT2D eigenvalue weighted by atomic mass is 10.1. The maximum atomic E-state index is 2.31. The van der Waals surface area contributed by atoms with Crippen molar-refractivity contribution in [2.24, 2.45) is 0 Å². The molecule has 2 aromatic rings. The van der Waals surface area contributed by atoms with Crippen LogP contribution in [0.2, 0.25) is 0 Å². The summed E-state index contributed by atoms with van der Waals surface area (Å²) in [6.45, 7) is 0. The van der Waals surface area contributed by atoms with Crippen LogP contribution in [0.4, 0.5) is 0 Å². The van der Waals surface area contributed by atoms with E-state index in [9.17, 15) is 0 Å². The highest BCUT2D eigenvalue weighted by Crippen LogP contribution is 2.37. The minimum Gasteiger partial charge on any atom is -0.0758 e. The van der Waals surface area contributed by atoms with Gasteiger partial charge in [0.05, 0.1) is 0 Å². The van der Waals surface area contributed by atoms with E-state index in [2.05, 4.69) is 41.9 Å². The highest BCUT2D eigenvalue weighted by Gasteiger charge is 2.15. The SMILES string of the molecule is c1ccc2c(c1)Cc1ccpcc1-2. The Morgan fingerprint density at radius 1 is 0.923 bits per heavy atom. The maximum absolute atomic E-state index is 2.31. The van der Waals surface area contributed by atoms with Crippen molar-refractivity contribution in [2.75, 3.05) is 0 Å². The zero-order chi connectivity index (χ0) is 8.67. The van der Waals surface area contributed by atoms with Gasteiger partial charge >= 0.3 is 0 Å². The van der Waals surface area contributed by atoms with E-state index >= 15 is 0 Å². The summed E-state index contributed by atoms with van der Waals surface area (Å²) >= 11 is 0. The van der Waals surface area contributed by atoms with Gasteiger partial charge in [0.25, 0.3) is 0 Å². The van der Waals surface area contributed by atoms with Gasteiger partial charge < -0.3 is 0 Å². The Morgan fingerprint density at radius 2 is 1.77 bits per heavy atom. The van der Waals surface area contributed by atoms with Crippen molar-refractivity contribution in [2.45, 2.75) is 6.42 Å². The van der Waals surface area contributed by atoms with Gasteiger partial charge in [-0.05, 0) is 40.3 Å². The van der Waals surface area contributed by atoms with Gasteiger partial charge in [0.15, 0.2) is 0 Å². The van der Waals surface area contributed by atoms with Gasteiger partial charge in [0.2, 0.25) is 0 Å². The molecule has 0 radical (unpaired) electrons. The summed E-state index contributed by atoms with van der Waals surface area (Å²) in [5, 5.41) is 0. The molecule has 0 nitrogen and oxygen atoms in total. The molecule has 0 saturated heterocycles. The summed E-state index contributed by atoms with van der Waals surface area (Å²) in [6, 6.07) is 11.0. The Balaban J connectivity index is 2.32. The first-order chi connectivity index (χ1) is 6.45. The summed E-state index contributed by atoms with van der Waals surface area (Å²) < 4.78 is 0. The molecule has 0 amide bonds. The molecule has 0 bridgehead atoms. The van der Waals surface area contributed by atoms with Crippen molar-refractivity contribution in [3.63, 3.8) is 0 Å². The molecule has 0 unspecified atom stereocenters. The van der Waals surface area contributed by atoms with E-state index in [1.807, 2.05) is 0 Å². The van der Waals surface area contributed by atoms with Gasteiger partial charge in [-0.25, -0.2) is 0 Å². The maximum Gasteiger partial charge on any atom is -0.00132 e. The number of hydrogen-bond acceptors (Lipinski definition) is 0. The zero-order valence-corrected chi connectivity index (χ0v) is 8.09. The standard InChI is InChI=1S/C12H9P/c1-2-4-11-9(3-1)7-10-5-6-13-8-12(10)11/h1-6,8H,7H2. The minimum absolute atomic E-state index is 1.12. The molecule has 0 N–H and O–H groups in total. The number of rotatable bonds is 0. The normalized spacial score (nSPS) is 12.9. The van der Waals surface area contributed by atoms with E-state index in [4.69, 9.17) is 0 Å². The fourth-order valence-electron chi connectivity index (χ4n) is 1.96. The van der Waals surface area contributed by atoms with Crippen LogP contribution in [0.25, 0.3) is 11.1 Å². The Kier molecular flexibility index (Phi) is 1.50. The fourth-order valence-corrected chi connectivity index (χ4v) is 2.77. The molecule has 1 aromatic carbocycles. The first-order valence-corrected chi connectivity index (χ1v) is 5.49. The van der Waals surface area contributed by atoms with Crippen molar-refractivity contribution < 1.29 is 0 Å². The van der Waals surface area contributed by atoms with Crippen molar-refractivity contribution in [1.29, 1.82) is 0 Å². The van der Waals surface area contributed by atoms with Gasteiger partial charge in [-0.15, -0.1) is 0 Å². The summed E-state index contributed by atoms with van der Waals surface area (Å²) in [7, 11) is 1.32. The van der Waals surface area contributed by atoms with Gasteiger partial charge in [0.1, 0.15) is 0 Å². The third-order valence-corrected chi connectivity index (χ3v) is 3.33. The largest absolute Gasteiger partial charge is 0.0758 e. The van der Waals surface area contributed by atoms with Gasteiger partial charge in [-0.3, -0.25) is 0 Å². The van der Waals surface area contributed by atoms with E-state index in [1.165, 1.54) is 30.4 Å². The average molecular weight is 184 g/mol. The lowest BCUT2D eigenvalue weighted by Gasteiger charge is -1.97. The first-order valence-electron chi connectivity index (χ1n) is 4.46. The number of hydrogen-bond donors (Lipinski definition) is 0. The third-order valence-electron chi connectivity index (χ3n) is 2.60. The van der Waals surface area contributed by atoms with Crippen molar-refractivity contribution in [3.8, 4) is 11.1 Å². The molecule has 0 spiro atoms. The molecule has 62 valence electrons. The summed E-state index contributed by atoms with van der Waals surface area (Å²) in [6.07, 6.45) is 1.12. The molecule has 1 aliphatic carbocycles. The van der Waals surface area contributed by atoms with Crippen LogP contribution in [-0.2, 0) is 6.42 Å². The molecule has 3 rings (SSSR count). The lowest BCUT2D eigenvalue weighted by Crippen LogP contribution is -1.76.